The zero-order chi connectivity index (χ0) is 19.4. The number of hydrogen-bond acceptors (Lipinski definition) is 4. The molecule has 1 aliphatic rings. The van der Waals surface area contributed by atoms with Crippen LogP contribution < -0.4 is 22.9 Å². The zero-order valence-corrected chi connectivity index (χ0v) is 17.0. The molecule has 1 rings (SSSR count). The average Bonchev–Trinajstić information content (AvgIpc) is 2.46. The summed E-state index contributed by atoms with van der Waals surface area (Å²) >= 11 is 0. The van der Waals surface area contributed by atoms with Crippen LogP contribution in [0.2, 0.25) is 0 Å². The quantitative estimate of drug-likeness (QED) is 0.499. The fourth-order valence-electron chi connectivity index (χ4n) is 4.31. The van der Waals surface area contributed by atoms with Crippen LogP contribution in [0, 0.1) is 0 Å². The molecule has 1 saturated carbocycles. The molecule has 0 radical (unpaired) electrons. The number of alkyl halides is 1. The molecule has 4 nitrogen and oxygen atoms in total. The van der Waals surface area contributed by atoms with Crippen molar-refractivity contribution >= 4 is 7.85 Å². The molecule has 1 fully saturated rings. The summed E-state index contributed by atoms with van der Waals surface area (Å²) < 4.78 is 15.3. The van der Waals surface area contributed by atoms with E-state index in [0.29, 0.717) is 12.8 Å². The Hall–Kier alpha value is -0.165. The van der Waals surface area contributed by atoms with Crippen LogP contribution in [0.3, 0.4) is 0 Å². The van der Waals surface area contributed by atoms with Crippen LogP contribution in [0.25, 0.3) is 0 Å². The molecule has 5 atom stereocenters. The Bertz CT molecular complexity index is 410. The lowest BCUT2D eigenvalue weighted by Gasteiger charge is -2.51. The predicted molar refractivity (Wildman–Crippen MR) is 109 cm³/mol. The second-order valence-corrected chi connectivity index (χ2v) is 9.62. The molecule has 1 aliphatic carbocycles. The van der Waals surface area contributed by atoms with E-state index in [9.17, 15) is 0 Å². The molecule has 0 bridgehead atoms. The van der Waals surface area contributed by atoms with Crippen LogP contribution in [0.5, 0.6) is 0 Å². The van der Waals surface area contributed by atoms with E-state index in [1.807, 2.05) is 14.8 Å². The Morgan fingerprint density at radius 2 is 1.20 bits per heavy atom. The maximum atomic E-state index is 15.3. The van der Waals surface area contributed by atoms with Gasteiger partial charge >= 0.3 is 0 Å². The minimum absolute atomic E-state index is 0.423. The number of rotatable bonds is 0. The third kappa shape index (κ3) is 6.49. The lowest BCUT2D eigenvalue weighted by atomic mass is 9.55. The lowest BCUT2D eigenvalue weighted by Crippen LogP contribution is -2.77. The minimum atomic E-state index is -1.54. The summed E-state index contributed by atoms with van der Waals surface area (Å²) in [5.74, 6) is 0. The first-order chi connectivity index (χ1) is 11.3. The maximum Gasteiger partial charge on any atom is 0.129 e. The molecule has 0 aromatic heterocycles. The van der Waals surface area contributed by atoms with Crippen molar-refractivity contribution in [2.45, 2.75) is 120 Å². The molecular formula is C19H42BFN4. The molecule has 6 heteroatoms. The fourth-order valence-corrected chi connectivity index (χ4v) is 4.31. The molecule has 4 unspecified atom stereocenters. The van der Waals surface area contributed by atoms with Crippen molar-refractivity contribution in [3.8, 4) is 0 Å². The van der Waals surface area contributed by atoms with Gasteiger partial charge in [-0.25, -0.2) is 4.39 Å². The first kappa shape index (κ1) is 22.9. The smallest absolute Gasteiger partial charge is 0.129 e. The van der Waals surface area contributed by atoms with E-state index >= 15 is 4.39 Å². The number of nitrogens with two attached hydrogens (primary N) is 4. The highest BCUT2D eigenvalue weighted by molar-refractivity contribution is 6.16. The summed E-state index contributed by atoms with van der Waals surface area (Å²) in [6, 6.07) is -0.835. The maximum absolute atomic E-state index is 15.3. The van der Waals surface area contributed by atoms with Gasteiger partial charge in [-0.1, -0.05) is 51.4 Å². The molecule has 0 aromatic carbocycles. The Morgan fingerprint density at radius 3 is 1.68 bits per heavy atom. The van der Waals surface area contributed by atoms with Crippen LogP contribution in [-0.4, -0.2) is 36.1 Å². The highest BCUT2D eigenvalue weighted by Crippen LogP contribution is 2.35. The molecule has 8 N–H and O–H groups in total. The fraction of sp³-hybridized carbons (Fsp3) is 1.00. The third-order valence-corrected chi connectivity index (χ3v) is 6.46. The molecule has 0 amide bonds. The SMILES string of the molecule is BC1(N)C[C@](C)(N)CCCCCCCCCCC(C)(F)C(N)C1(C)N. The first-order valence-electron chi connectivity index (χ1n) is 10.1. The molecule has 148 valence electrons. The van der Waals surface area contributed by atoms with Crippen LogP contribution >= 0.6 is 0 Å². The van der Waals surface area contributed by atoms with Gasteiger partial charge in [0.2, 0.25) is 0 Å². The summed E-state index contributed by atoms with van der Waals surface area (Å²) in [6.45, 7) is 5.38. The highest BCUT2D eigenvalue weighted by atomic mass is 19.1. The molecular weight excluding hydrogens is 314 g/mol. The molecule has 0 heterocycles. The molecule has 0 aliphatic heterocycles. The Morgan fingerprint density at radius 1 is 0.800 bits per heavy atom. The van der Waals surface area contributed by atoms with E-state index in [1.54, 1.807) is 13.8 Å². The van der Waals surface area contributed by atoms with Gasteiger partial charge in [-0.15, -0.1) is 0 Å². The van der Waals surface area contributed by atoms with Gasteiger partial charge in [0.15, 0.2) is 0 Å². The van der Waals surface area contributed by atoms with Crippen LogP contribution in [0.1, 0.15) is 91.4 Å². The zero-order valence-electron chi connectivity index (χ0n) is 17.0. The van der Waals surface area contributed by atoms with Crippen molar-refractivity contribution in [3.05, 3.63) is 0 Å². The monoisotopic (exact) mass is 356 g/mol. The van der Waals surface area contributed by atoms with Crippen molar-refractivity contribution < 1.29 is 4.39 Å². The summed E-state index contributed by atoms with van der Waals surface area (Å²) in [4.78, 5) is 0. The largest absolute Gasteiger partial charge is 0.331 e. The normalized spacial score (nSPS) is 46.6. The standard InChI is InChI=1S/C19H42BFN4/c1-16(23)12-10-8-6-4-5-7-9-11-13-17(2,21)15(22)18(3,24)19(20,25)14-16/h15H,4-14,20,22-25H2,1-3H3/t15?,16-,17?,18?,19?/m1/s1. The third-order valence-electron chi connectivity index (χ3n) is 6.46. The van der Waals surface area contributed by atoms with E-state index in [-0.39, 0.29) is 0 Å². The van der Waals surface area contributed by atoms with Gasteiger partial charge in [-0.2, -0.15) is 0 Å². The second-order valence-electron chi connectivity index (χ2n) is 9.62. The van der Waals surface area contributed by atoms with Gasteiger partial charge in [-0.05, 0) is 40.0 Å². The van der Waals surface area contributed by atoms with Gasteiger partial charge < -0.3 is 22.9 Å². The first-order valence-corrected chi connectivity index (χ1v) is 10.1. The van der Waals surface area contributed by atoms with Gasteiger partial charge in [0, 0.05) is 16.5 Å². The van der Waals surface area contributed by atoms with Crippen molar-refractivity contribution in [2.75, 3.05) is 0 Å². The summed E-state index contributed by atoms with van der Waals surface area (Å²) in [7, 11) is 1.87. The summed E-state index contributed by atoms with van der Waals surface area (Å²) in [5.41, 5.74) is 22.2. The molecule has 0 aromatic rings. The highest BCUT2D eigenvalue weighted by Gasteiger charge is 2.51. The van der Waals surface area contributed by atoms with Crippen LogP contribution in [0.4, 0.5) is 4.39 Å². The van der Waals surface area contributed by atoms with E-state index in [2.05, 4.69) is 0 Å². The predicted octanol–water partition coefficient (Wildman–Crippen LogP) is 2.07. The van der Waals surface area contributed by atoms with Gasteiger partial charge in [-0.3, -0.25) is 0 Å². The Balaban J connectivity index is 2.99. The molecule has 25 heavy (non-hydrogen) atoms. The average molecular weight is 356 g/mol. The lowest BCUT2D eigenvalue weighted by molar-refractivity contribution is 0.0681. The summed E-state index contributed by atoms with van der Waals surface area (Å²) in [5, 5.41) is 0. The van der Waals surface area contributed by atoms with Crippen molar-refractivity contribution in [3.63, 3.8) is 0 Å². The van der Waals surface area contributed by atoms with Gasteiger partial charge in [0.25, 0.3) is 0 Å². The van der Waals surface area contributed by atoms with Gasteiger partial charge in [0.05, 0.1) is 6.04 Å². The summed E-state index contributed by atoms with van der Waals surface area (Å²) in [6.07, 6.45) is 10.9. The van der Waals surface area contributed by atoms with Crippen molar-refractivity contribution in [1.82, 2.24) is 0 Å². The molecule has 0 saturated heterocycles. The minimum Gasteiger partial charge on any atom is -0.331 e. The van der Waals surface area contributed by atoms with Crippen LogP contribution in [0.15, 0.2) is 0 Å². The van der Waals surface area contributed by atoms with Crippen molar-refractivity contribution in [2.24, 2.45) is 22.9 Å². The second kappa shape index (κ2) is 8.68. The van der Waals surface area contributed by atoms with Gasteiger partial charge in [0.1, 0.15) is 13.5 Å². The Labute approximate surface area is 155 Å². The Kier molecular flexibility index (Phi) is 7.94. The number of halogens is 1. The molecule has 0 spiro atoms. The van der Waals surface area contributed by atoms with Crippen LogP contribution in [-0.2, 0) is 0 Å². The topological polar surface area (TPSA) is 104 Å². The van der Waals surface area contributed by atoms with E-state index < -0.39 is 28.2 Å². The van der Waals surface area contributed by atoms with E-state index in [4.69, 9.17) is 22.9 Å². The van der Waals surface area contributed by atoms with Crippen molar-refractivity contribution in [1.29, 1.82) is 0 Å². The number of hydrogen-bond donors (Lipinski definition) is 4. The van der Waals surface area contributed by atoms with E-state index in [1.165, 1.54) is 25.7 Å². The van der Waals surface area contributed by atoms with E-state index in [0.717, 1.165) is 32.1 Å².